The van der Waals surface area contributed by atoms with Gasteiger partial charge in [-0.15, -0.1) is 0 Å². The zero-order valence-electron chi connectivity index (χ0n) is 11.0. The molecule has 0 aliphatic carbocycles. The van der Waals surface area contributed by atoms with Crippen molar-refractivity contribution in [1.82, 2.24) is 0 Å². The van der Waals surface area contributed by atoms with Crippen LogP contribution in [0, 0.1) is 11.3 Å². The van der Waals surface area contributed by atoms with Crippen molar-refractivity contribution in [2.45, 2.75) is 0 Å². The van der Waals surface area contributed by atoms with Crippen LogP contribution in [0.5, 0.6) is 23.0 Å². The predicted molar refractivity (Wildman–Crippen MR) is 75.8 cm³/mol. The molecule has 0 saturated carbocycles. The van der Waals surface area contributed by atoms with Gasteiger partial charge in [-0.05, 0) is 30.3 Å². The highest BCUT2D eigenvalue weighted by molar-refractivity contribution is 6.30. The molecule has 4 nitrogen and oxygen atoms in total. The van der Waals surface area contributed by atoms with Gasteiger partial charge >= 0.3 is 0 Å². The number of rotatable bonds is 4. The van der Waals surface area contributed by atoms with Crippen molar-refractivity contribution < 1.29 is 14.2 Å². The second kappa shape index (κ2) is 6.18. The summed E-state index contributed by atoms with van der Waals surface area (Å²) in [5, 5.41) is 9.60. The van der Waals surface area contributed by atoms with E-state index in [-0.39, 0.29) is 0 Å². The Hall–Kier alpha value is -2.38. The average Bonchev–Trinajstić information content (AvgIpc) is 2.49. The molecule has 0 aliphatic rings. The minimum Gasteiger partial charge on any atom is -0.493 e. The Kier molecular flexibility index (Phi) is 4.34. The van der Waals surface area contributed by atoms with Crippen LogP contribution in [0.4, 0.5) is 0 Å². The van der Waals surface area contributed by atoms with Crippen LogP contribution in [0.3, 0.4) is 0 Å². The Balaban J connectivity index is 2.47. The van der Waals surface area contributed by atoms with E-state index in [0.29, 0.717) is 33.6 Å². The lowest BCUT2D eigenvalue weighted by Gasteiger charge is -2.14. The lowest BCUT2D eigenvalue weighted by atomic mass is 10.2. The first kappa shape index (κ1) is 14.0. The van der Waals surface area contributed by atoms with Gasteiger partial charge in [0.05, 0.1) is 19.8 Å². The van der Waals surface area contributed by atoms with Crippen molar-refractivity contribution in [2.75, 3.05) is 14.2 Å². The van der Waals surface area contributed by atoms with Gasteiger partial charge in [0.15, 0.2) is 11.5 Å². The largest absolute Gasteiger partial charge is 0.493 e. The summed E-state index contributed by atoms with van der Waals surface area (Å²) in [6.07, 6.45) is 0. The fourth-order valence-corrected chi connectivity index (χ4v) is 1.88. The van der Waals surface area contributed by atoms with Crippen molar-refractivity contribution in [1.29, 1.82) is 5.26 Å². The Bertz CT molecular complexity index is 642. The fourth-order valence-electron chi connectivity index (χ4n) is 1.71. The van der Waals surface area contributed by atoms with Gasteiger partial charge in [0, 0.05) is 5.02 Å². The van der Waals surface area contributed by atoms with E-state index in [1.165, 1.54) is 14.2 Å². The maximum absolute atomic E-state index is 9.12. The van der Waals surface area contributed by atoms with Crippen LogP contribution >= 0.6 is 11.6 Å². The topological polar surface area (TPSA) is 51.5 Å². The molecule has 0 N–H and O–H groups in total. The first-order valence-corrected chi connectivity index (χ1v) is 6.16. The molecule has 5 heteroatoms. The summed E-state index contributed by atoms with van der Waals surface area (Å²) in [6.45, 7) is 0. The maximum atomic E-state index is 9.12. The number of hydrogen-bond acceptors (Lipinski definition) is 4. The van der Waals surface area contributed by atoms with Crippen molar-refractivity contribution in [3.05, 3.63) is 47.0 Å². The number of nitriles is 1. The summed E-state index contributed by atoms with van der Waals surface area (Å²) >= 11 is 5.86. The molecule has 0 radical (unpaired) electrons. The summed E-state index contributed by atoms with van der Waals surface area (Å²) in [6, 6.07) is 12.2. The Morgan fingerprint density at radius 2 is 1.65 bits per heavy atom. The molecule has 0 spiro atoms. The van der Waals surface area contributed by atoms with E-state index in [1.54, 1.807) is 36.4 Å². The number of benzene rings is 2. The summed E-state index contributed by atoms with van der Waals surface area (Å²) in [4.78, 5) is 0. The first-order chi connectivity index (χ1) is 9.69. The lowest BCUT2D eigenvalue weighted by Crippen LogP contribution is -1.95. The van der Waals surface area contributed by atoms with E-state index in [2.05, 4.69) is 0 Å². The van der Waals surface area contributed by atoms with E-state index in [1.807, 2.05) is 6.07 Å². The molecule has 0 saturated heterocycles. The maximum Gasteiger partial charge on any atom is 0.211 e. The molecule has 0 fully saturated rings. The number of ether oxygens (including phenoxy) is 3. The molecule has 0 bridgehead atoms. The minimum atomic E-state index is 0.338. The lowest BCUT2D eigenvalue weighted by molar-refractivity contribution is 0.346. The van der Waals surface area contributed by atoms with Crippen molar-refractivity contribution in [3.8, 4) is 29.1 Å². The van der Waals surface area contributed by atoms with Crippen LogP contribution in [0.1, 0.15) is 5.56 Å². The fraction of sp³-hybridized carbons (Fsp3) is 0.133. The van der Waals surface area contributed by atoms with Crippen molar-refractivity contribution in [3.63, 3.8) is 0 Å². The molecule has 0 aliphatic heterocycles. The third kappa shape index (κ3) is 2.79. The average molecular weight is 290 g/mol. The predicted octanol–water partition coefficient (Wildman–Crippen LogP) is 4.02. The smallest absolute Gasteiger partial charge is 0.211 e. The zero-order chi connectivity index (χ0) is 14.5. The van der Waals surface area contributed by atoms with Gasteiger partial charge < -0.3 is 14.2 Å². The van der Waals surface area contributed by atoms with Crippen LogP contribution < -0.4 is 14.2 Å². The monoisotopic (exact) mass is 289 g/mol. The Labute approximate surface area is 122 Å². The molecule has 0 heterocycles. The first-order valence-electron chi connectivity index (χ1n) is 5.78. The third-order valence-electron chi connectivity index (χ3n) is 2.66. The molecule has 0 aromatic heterocycles. The van der Waals surface area contributed by atoms with Crippen LogP contribution in [0.25, 0.3) is 0 Å². The van der Waals surface area contributed by atoms with Gasteiger partial charge in [-0.1, -0.05) is 17.7 Å². The number of para-hydroxylation sites is 1. The highest BCUT2D eigenvalue weighted by Gasteiger charge is 2.14. The third-order valence-corrected chi connectivity index (χ3v) is 2.89. The molecule has 0 atom stereocenters. The minimum absolute atomic E-state index is 0.338. The Morgan fingerprint density at radius 3 is 2.20 bits per heavy atom. The summed E-state index contributed by atoms with van der Waals surface area (Å²) in [7, 11) is 3.07. The normalized spacial score (nSPS) is 9.70. The second-order valence-electron chi connectivity index (χ2n) is 3.85. The van der Waals surface area contributed by atoms with Crippen LogP contribution in [-0.4, -0.2) is 14.2 Å². The molecule has 102 valence electrons. The van der Waals surface area contributed by atoms with Crippen LogP contribution in [0.2, 0.25) is 5.02 Å². The summed E-state index contributed by atoms with van der Waals surface area (Å²) < 4.78 is 16.3. The van der Waals surface area contributed by atoms with Crippen LogP contribution in [0.15, 0.2) is 36.4 Å². The summed E-state index contributed by atoms with van der Waals surface area (Å²) in [5.74, 6) is 1.84. The van der Waals surface area contributed by atoms with Gasteiger partial charge in [0.1, 0.15) is 11.8 Å². The molecular weight excluding hydrogens is 278 g/mol. The number of halogens is 1. The van der Waals surface area contributed by atoms with Gasteiger partial charge in [-0.25, -0.2) is 0 Å². The molecule has 2 aromatic carbocycles. The Morgan fingerprint density at radius 1 is 1.00 bits per heavy atom. The number of methoxy groups -OCH3 is 2. The van der Waals surface area contributed by atoms with E-state index in [9.17, 15) is 0 Å². The molecule has 0 amide bonds. The van der Waals surface area contributed by atoms with E-state index >= 15 is 0 Å². The molecule has 2 aromatic rings. The number of hydrogen-bond donors (Lipinski definition) is 0. The van der Waals surface area contributed by atoms with Gasteiger partial charge in [-0.3, -0.25) is 0 Å². The summed E-state index contributed by atoms with van der Waals surface area (Å²) in [5.41, 5.74) is 0.338. The zero-order valence-corrected chi connectivity index (χ0v) is 11.8. The van der Waals surface area contributed by atoms with Crippen molar-refractivity contribution in [2.24, 2.45) is 0 Å². The highest BCUT2D eigenvalue weighted by atomic mass is 35.5. The molecule has 2 rings (SSSR count). The van der Waals surface area contributed by atoms with Gasteiger partial charge in [-0.2, -0.15) is 5.26 Å². The van der Waals surface area contributed by atoms with Crippen LogP contribution in [-0.2, 0) is 0 Å². The van der Waals surface area contributed by atoms with Gasteiger partial charge in [0.2, 0.25) is 5.75 Å². The quantitative estimate of drug-likeness (QED) is 0.853. The second-order valence-corrected chi connectivity index (χ2v) is 4.28. The van der Waals surface area contributed by atoms with Gasteiger partial charge in [0.25, 0.3) is 0 Å². The molecule has 0 unspecified atom stereocenters. The molecule has 20 heavy (non-hydrogen) atoms. The highest BCUT2D eigenvalue weighted by Crippen LogP contribution is 2.40. The van der Waals surface area contributed by atoms with E-state index in [4.69, 9.17) is 31.1 Å². The van der Waals surface area contributed by atoms with E-state index in [0.717, 1.165) is 0 Å². The standard InChI is InChI=1S/C15H12ClNO3/c1-18-13-4-3-5-14(19-2)15(13)20-12-7-6-11(16)8-10(12)9-17/h3-8H,1-2H3. The molecular formula is C15H12ClNO3. The van der Waals surface area contributed by atoms with E-state index < -0.39 is 0 Å². The number of nitrogens with zero attached hydrogens (tertiary/aromatic N) is 1. The SMILES string of the molecule is COc1cccc(OC)c1Oc1ccc(Cl)cc1C#N. The van der Waals surface area contributed by atoms with Crippen molar-refractivity contribution >= 4 is 11.6 Å².